The minimum atomic E-state index is -5.22. The Morgan fingerprint density at radius 1 is 1.03 bits per heavy atom. The standard InChI is InChI=1S/C20H11F3N4O4/c21-20(22,23)19(29)31-27-17(28)11-3-6-15-16(8-11)30-18(26-15)13-4-5-14(25-10-13)12-2-1-7-24-9-12/h1-10H,(H,27,28). The molecule has 11 heteroatoms. The van der Waals surface area contributed by atoms with E-state index in [2.05, 4.69) is 19.8 Å². The van der Waals surface area contributed by atoms with E-state index in [1.54, 1.807) is 36.8 Å². The molecule has 31 heavy (non-hydrogen) atoms. The Labute approximate surface area is 171 Å². The number of hydrogen-bond acceptors (Lipinski definition) is 7. The molecule has 0 aliphatic rings. The lowest BCUT2D eigenvalue weighted by molar-refractivity contribution is -0.204. The number of aromatic nitrogens is 3. The number of halogens is 3. The summed E-state index contributed by atoms with van der Waals surface area (Å²) in [6, 6.07) is 11.2. The van der Waals surface area contributed by atoms with E-state index in [9.17, 15) is 22.8 Å². The summed E-state index contributed by atoms with van der Waals surface area (Å²) in [6.45, 7) is 0. The van der Waals surface area contributed by atoms with Crippen LogP contribution in [0.1, 0.15) is 10.4 Å². The smallest absolute Gasteiger partial charge is 0.436 e. The molecule has 3 aromatic heterocycles. The molecule has 0 atom stereocenters. The lowest BCUT2D eigenvalue weighted by Gasteiger charge is -2.07. The van der Waals surface area contributed by atoms with E-state index in [1.165, 1.54) is 23.7 Å². The van der Waals surface area contributed by atoms with E-state index in [1.807, 2.05) is 6.07 Å². The van der Waals surface area contributed by atoms with Gasteiger partial charge >= 0.3 is 12.1 Å². The normalized spacial score (nSPS) is 11.3. The van der Waals surface area contributed by atoms with Gasteiger partial charge in [0.2, 0.25) is 5.89 Å². The molecule has 0 unspecified atom stereocenters. The van der Waals surface area contributed by atoms with E-state index in [4.69, 9.17) is 4.42 Å². The van der Waals surface area contributed by atoms with Crippen LogP contribution in [0.2, 0.25) is 0 Å². The van der Waals surface area contributed by atoms with Gasteiger partial charge in [-0.15, -0.1) is 0 Å². The average molecular weight is 428 g/mol. The van der Waals surface area contributed by atoms with Crippen LogP contribution in [0.3, 0.4) is 0 Å². The Balaban J connectivity index is 1.52. The van der Waals surface area contributed by atoms with E-state index in [0.717, 1.165) is 5.56 Å². The zero-order valence-electron chi connectivity index (χ0n) is 15.4. The number of fused-ring (bicyclic) bond motifs is 1. The van der Waals surface area contributed by atoms with Crippen molar-refractivity contribution in [1.82, 2.24) is 20.4 Å². The van der Waals surface area contributed by atoms with Crippen molar-refractivity contribution in [3.63, 3.8) is 0 Å². The van der Waals surface area contributed by atoms with Crippen LogP contribution in [0.4, 0.5) is 13.2 Å². The average Bonchev–Trinajstić information content (AvgIpc) is 3.20. The Kier molecular flexibility index (Phi) is 5.07. The molecule has 0 bridgehead atoms. The second-order valence-electron chi connectivity index (χ2n) is 6.19. The second kappa shape index (κ2) is 7.86. The van der Waals surface area contributed by atoms with Gasteiger partial charge in [-0.1, -0.05) is 0 Å². The Morgan fingerprint density at radius 2 is 1.87 bits per heavy atom. The fourth-order valence-electron chi connectivity index (χ4n) is 2.60. The first-order chi connectivity index (χ1) is 14.8. The van der Waals surface area contributed by atoms with Crippen LogP contribution in [-0.2, 0) is 9.63 Å². The third-order valence-electron chi connectivity index (χ3n) is 4.09. The Bertz CT molecular complexity index is 1260. The maximum Gasteiger partial charge on any atom is 0.493 e. The highest BCUT2D eigenvalue weighted by atomic mass is 19.4. The van der Waals surface area contributed by atoms with Gasteiger partial charge in [0, 0.05) is 29.7 Å². The minimum absolute atomic E-state index is 0.0878. The van der Waals surface area contributed by atoms with Crippen LogP contribution in [0, 0.1) is 0 Å². The molecular weight excluding hydrogens is 417 g/mol. The zero-order valence-corrected chi connectivity index (χ0v) is 15.4. The zero-order chi connectivity index (χ0) is 22.0. The van der Waals surface area contributed by atoms with Gasteiger partial charge in [-0.2, -0.15) is 18.7 Å². The molecule has 0 aliphatic carbocycles. The Morgan fingerprint density at radius 3 is 2.55 bits per heavy atom. The van der Waals surface area contributed by atoms with Crippen LogP contribution in [0.5, 0.6) is 0 Å². The molecule has 8 nitrogen and oxygen atoms in total. The topological polar surface area (TPSA) is 107 Å². The molecule has 0 saturated carbocycles. The van der Waals surface area contributed by atoms with Crippen molar-refractivity contribution in [2.75, 3.05) is 0 Å². The number of nitrogens with one attached hydrogen (secondary N) is 1. The fourth-order valence-corrected chi connectivity index (χ4v) is 2.60. The first-order valence-corrected chi connectivity index (χ1v) is 8.67. The van der Waals surface area contributed by atoms with Gasteiger partial charge in [0.05, 0.1) is 11.3 Å². The van der Waals surface area contributed by atoms with E-state index in [-0.39, 0.29) is 17.0 Å². The summed E-state index contributed by atoms with van der Waals surface area (Å²) < 4.78 is 42.1. The molecule has 3 heterocycles. The monoisotopic (exact) mass is 428 g/mol. The quantitative estimate of drug-likeness (QED) is 0.496. The van der Waals surface area contributed by atoms with Gasteiger partial charge < -0.3 is 9.25 Å². The largest absolute Gasteiger partial charge is 0.493 e. The molecule has 0 radical (unpaired) electrons. The fraction of sp³-hybridized carbons (Fsp3) is 0.0500. The molecule has 0 fully saturated rings. The number of carbonyl (C=O) groups excluding carboxylic acids is 2. The molecule has 0 spiro atoms. The van der Waals surface area contributed by atoms with Gasteiger partial charge in [-0.3, -0.25) is 14.8 Å². The number of amides is 1. The summed E-state index contributed by atoms with van der Waals surface area (Å²) in [7, 11) is 0. The highest BCUT2D eigenvalue weighted by molar-refractivity contribution is 5.97. The van der Waals surface area contributed by atoms with Gasteiger partial charge in [0.25, 0.3) is 5.91 Å². The third-order valence-corrected chi connectivity index (χ3v) is 4.09. The predicted molar refractivity (Wildman–Crippen MR) is 100 cm³/mol. The van der Waals surface area contributed by atoms with Crippen LogP contribution < -0.4 is 5.48 Å². The summed E-state index contributed by atoms with van der Waals surface area (Å²) in [5.74, 6) is -3.35. The third kappa shape index (κ3) is 4.34. The number of carbonyl (C=O) groups is 2. The van der Waals surface area contributed by atoms with Crippen LogP contribution in [-0.4, -0.2) is 33.0 Å². The summed E-state index contributed by atoms with van der Waals surface area (Å²) in [4.78, 5) is 39.1. The summed E-state index contributed by atoms with van der Waals surface area (Å²) in [5.41, 5.74) is 4.11. The number of oxazole rings is 1. The molecule has 1 N–H and O–H groups in total. The van der Waals surface area contributed by atoms with Crippen molar-refractivity contribution in [2.24, 2.45) is 0 Å². The van der Waals surface area contributed by atoms with Gasteiger partial charge in [0.15, 0.2) is 5.58 Å². The van der Waals surface area contributed by atoms with Crippen molar-refractivity contribution in [1.29, 1.82) is 0 Å². The van der Waals surface area contributed by atoms with Crippen molar-refractivity contribution < 1.29 is 32.0 Å². The number of alkyl halides is 3. The highest BCUT2D eigenvalue weighted by Gasteiger charge is 2.42. The molecule has 0 aliphatic heterocycles. The van der Waals surface area contributed by atoms with Crippen molar-refractivity contribution in [2.45, 2.75) is 6.18 Å². The lowest BCUT2D eigenvalue weighted by atomic mass is 10.1. The van der Waals surface area contributed by atoms with Crippen LogP contribution in [0.25, 0.3) is 33.8 Å². The van der Waals surface area contributed by atoms with Crippen molar-refractivity contribution in [3.05, 3.63) is 66.6 Å². The predicted octanol–water partition coefficient (Wildman–Crippen LogP) is 3.70. The van der Waals surface area contributed by atoms with Crippen molar-refractivity contribution in [3.8, 4) is 22.7 Å². The van der Waals surface area contributed by atoms with E-state index >= 15 is 0 Å². The van der Waals surface area contributed by atoms with Crippen molar-refractivity contribution >= 4 is 23.0 Å². The first-order valence-electron chi connectivity index (χ1n) is 8.67. The molecule has 4 aromatic rings. The first kappa shape index (κ1) is 20.0. The summed E-state index contributed by atoms with van der Waals surface area (Å²) in [6.07, 6.45) is -0.319. The molecule has 156 valence electrons. The molecule has 0 saturated heterocycles. The van der Waals surface area contributed by atoms with E-state index in [0.29, 0.717) is 16.8 Å². The van der Waals surface area contributed by atoms with Gasteiger partial charge in [0.1, 0.15) is 5.52 Å². The second-order valence-corrected chi connectivity index (χ2v) is 6.19. The molecule has 1 amide bonds. The number of benzene rings is 1. The highest BCUT2D eigenvalue weighted by Crippen LogP contribution is 2.26. The number of hydroxylamine groups is 1. The number of nitrogens with zero attached hydrogens (tertiary/aromatic N) is 3. The molecule has 1 aromatic carbocycles. The maximum absolute atomic E-state index is 12.1. The number of hydrogen-bond donors (Lipinski definition) is 1. The molecule has 4 rings (SSSR count). The molecular formula is C20H11F3N4O4. The summed E-state index contributed by atoms with van der Waals surface area (Å²) in [5, 5.41) is 0. The lowest BCUT2D eigenvalue weighted by Crippen LogP contribution is -2.34. The SMILES string of the molecule is O=C(NOC(=O)C(F)(F)F)c1ccc2nc(-c3ccc(-c4cccnc4)nc3)oc2c1. The van der Waals surface area contributed by atoms with E-state index < -0.39 is 18.1 Å². The Hall–Kier alpha value is -4.28. The van der Waals surface area contributed by atoms with Gasteiger partial charge in [-0.05, 0) is 42.5 Å². The van der Waals surface area contributed by atoms with Crippen LogP contribution >= 0.6 is 0 Å². The van der Waals surface area contributed by atoms with Gasteiger partial charge in [-0.25, -0.2) is 9.78 Å². The number of rotatable bonds is 3. The van der Waals surface area contributed by atoms with Crippen LogP contribution in [0.15, 0.2) is 65.5 Å². The summed E-state index contributed by atoms with van der Waals surface area (Å²) >= 11 is 0. The maximum atomic E-state index is 12.1. The minimum Gasteiger partial charge on any atom is -0.436 e. The number of pyridine rings is 2.